The lowest BCUT2D eigenvalue weighted by Gasteiger charge is -2.30. The Morgan fingerprint density at radius 3 is 2.57 bits per heavy atom. The third kappa shape index (κ3) is 4.64. The summed E-state index contributed by atoms with van der Waals surface area (Å²) in [4.78, 5) is 21.9. The highest BCUT2D eigenvalue weighted by molar-refractivity contribution is 5.47. The maximum atomic E-state index is 14.5. The molecule has 1 atom stereocenters. The fourth-order valence-electron chi connectivity index (χ4n) is 4.36. The van der Waals surface area contributed by atoms with Crippen molar-refractivity contribution >= 4 is 5.82 Å². The number of rotatable bonds is 5. The van der Waals surface area contributed by atoms with E-state index in [1.807, 2.05) is 0 Å². The molecule has 2 aromatic heterocycles. The number of aromatic nitrogens is 3. The summed E-state index contributed by atoms with van der Waals surface area (Å²) >= 11 is 0. The largest absolute Gasteiger partial charge is 0.473 e. The molecular weight excluding hydrogens is 475 g/mol. The van der Waals surface area contributed by atoms with E-state index in [0.29, 0.717) is 24.6 Å². The van der Waals surface area contributed by atoms with Gasteiger partial charge in [0.1, 0.15) is 18.2 Å². The third-order valence-corrected chi connectivity index (χ3v) is 5.99. The van der Waals surface area contributed by atoms with Gasteiger partial charge in [0.2, 0.25) is 5.88 Å². The molecule has 0 bridgehead atoms. The van der Waals surface area contributed by atoms with Gasteiger partial charge in [-0.25, -0.2) is 13.6 Å². The molecule has 0 aliphatic carbocycles. The minimum Gasteiger partial charge on any atom is -0.473 e. The van der Waals surface area contributed by atoms with Crippen LogP contribution in [0.25, 0.3) is 0 Å². The molecule has 3 aromatic rings. The van der Waals surface area contributed by atoms with E-state index in [0.717, 1.165) is 44.1 Å². The molecule has 0 amide bonds. The van der Waals surface area contributed by atoms with Crippen molar-refractivity contribution in [3.05, 3.63) is 69.9 Å². The number of anilines is 1. The summed E-state index contributed by atoms with van der Waals surface area (Å²) in [6, 6.07) is 4.34. The van der Waals surface area contributed by atoms with Crippen LogP contribution in [0.2, 0.25) is 0 Å². The van der Waals surface area contributed by atoms with Crippen molar-refractivity contribution in [2.75, 3.05) is 11.4 Å². The normalized spacial score (nSPS) is 17.2. The molecular formula is C23H19F5N4O3. The van der Waals surface area contributed by atoms with Crippen LogP contribution >= 0.6 is 0 Å². The van der Waals surface area contributed by atoms with Gasteiger partial charge in [0.05, 0.1) is 11.8 Å². The summed E-state index contributed by atoms with van der Waals surface area (Å²) in [7, 11) is 0. The molecule has 0 N–H and O–H groups in total. The SMILES string of the molecule is O=c1nc(OCc2cc(F)c(Oc3cncc(C(F)(F)F)c3)c(F)c2)cc2n1CC1CCCCN21. The zero-order valence-corrected chi connectivity index (χ0v) is 18.2. The maximum Gasteiger partial charge on any atom is 0.418 e. The predicted octanol–water partition coefficient (Wildman–Crippen LogP) is 4.68. The second kappa shape index (κ2) is 8.82. The maximum absolute atomic E-state index is 14.5. The predicted molar refractivity (Wildman–Crippen MR) is 113 cm³/mol. The van der Waals surface area contributed by atoms with Gasteiger partial charge in [-0.2, -0.15) is 18.2 Å². The molecule has 0 spiro atoms. The lowest BCUT2D eigenvalue weighted by molar-refractivity contribution is -0.137. The van der Waals surface area contributed by atoms with Crippen LogP contribution in [0.4, 0.5) is 27.8 Å². The number of ether oxygens (including phenoxy) is 2. The van der Waals surface area contributed by atoms with Gasteiger partial charge >= 0.3 is 11.9 Å². The van der Waals surface area contributed by atoms with Gasteiger partial charge in [0.25, 0.3) is 0 Å². The zero-order valence-electron chi connectivity index (χ0n) is 18.2. The van der Waals surface area contributed by atoms with Crippen molar-refractivity contribution in [3.63, 3.8) is 0 Å². The lowest BCUT2D eigenvalue weighted by Crippen LogP contribution is -2.36. The van der Waals surface area contributed by atoms with Crippen molar-refractivity contribution in [1.29, 1.82) is 0 Å². The molecule has 1 saturated heterocycles. The Balaban J connectivity index is 1.31. The van der Waals surface area contributed by atoms with Gasteiger partial charge in [-0.3, -0.25) is 9.55 Å². The van der Waals surface area contributed by atoms with Crippen LogP contribution < -0.4 is 20.1 Å². The average Bonchev–Trinajstić information content (AvgIpc) is 3.19. The molecule has 1 fully saturated rings. The van der Waals surface area contributed by atoms with Crippen molar-refractivity contribution in [2.24, 2.45) is 0 Å². The second-order valence-electron chi connectivity index (χ2n) is 8.38. The molecule has 184 valence electrons. The molecule has 1 unspecified atom stereocenters. The standard InChI is InChI=1S/C23H19F5N4O3/c24-17-5-13(6-18(25)21(17)35-16-7-14(9-29-10-16)23(26,27)28)12-34-19-8-20-31-4-2-1-3-15(31)11-32(20)22(33)30-19/h5-10,15H,1-4,11-12H2. The quantitative estimate of drug-likeness (QED) is 0.480. The number of pyridine rings is 1. The number of fused-ring (bicyclic) bond motifs is 3. The Morgan fingerprint density at radius 1 is 1.06 bits per heavy atom. The smallest absolute Gasteiger partial charge is 0.418 e. The second-order valence-corrected chi connectivity index (χ2v) is 8.38. The van der Waals surface area contributed by atoms with Crippen LogP contribution in [-0.4, -0.2) is 27.1 Å². The summed E-state index contributed by atoms with van der Waals surface area (Å²) < 4.78 is 79.7. The van der Waals surface area contributed by atoms with Gasteiger partial charge in [0.15, 0.2) is 17.4 Å². The molecule has 2 aliphatic heterocycles. The van der Waals surface area contributed by atoms with Gasteiger partial charge in [-0.15, -0.1) is 0 Å². The molecule has 0 saturated carbocycles. The minimum atomic E-state index is -4.69. The molecule has 4 heterocycles. The Kier molecular flexibility index (Phi) is 5.81. The van der Waals surface area contributed by atoms with Crippen molar-refractivity contribution < 1.29 is 31.4 Å². The number of alkyl halides is 3. The van der Waals surface area contributed by atoms with Gasteiger partial charge in [-0.1, -0.05) is 0 Å². The Labute approximate surface area is 195 Å². The first kappa shape index (κ1) is 23.1. The molecule has 7 nitrogen and oxygen atoms in total. The van der Waals surface area contributed by atoms with Crippen LogP contribution in [0.5, 0.6) is 17.4 Å². The van der Waals surface area contributed by atoms with E-state index in [9.17, 15) is 26.7 Å². The zero-order chi connectivity index (χ0) is 24.7. The van der Waals surface area contributed by atoms with Gasteiger partial charge in [0, 0.05) is 31.4 Å². The first-order chi connectivity index (χ1) is 16.7. The third-order valence-electron chi connectivity index (χ3n) is 5.99. The Hall–Kier alpha value is -3.70. The monoisotopic (exact) mass is 494 g/mol. The molecule has 1 aromatic carbocycles. The Bertz CT molecular complexity index is 1300. The van der Waals surface area contributed by atoms with E-state index in [1.54, 1.807) is 10.6 Å². The van der Waals surface area contributed by atoms with E-state index in [2.05, 4.69) is 14.9 Å². The number of halogens is 5. The summed E-state index contributed by atoms with van der Waals surface area (Å²) in [6.07, 6.45) is -0.0939. The average molecular weight is 494 g/mol. The molecule has 5 rings (SSSR count). The molecule has 0 radical (unpaired) electrons. The van der Waals surface area contributed by atoms with Crippen LogP contribution in [-0.2, 0) is 19.3 Å². The van der Waals surface area contributed by atoms with Crippen LogP contribution in [0.3, 0.4) is 0 Å². The number of hydrogen-bond acceptors (Lipinski definition) is 6. The van der Waals surface area contributed by atoms with Crippen molar-refractivity contribution in [2.45, 2.75) is 44.6 Å². The number of hydrogen-bond donors (Lipinski definition) is 0. The first-order valence-corrected chi connectivity index (χ1v) is 10.9. The van der Waals surface area contributed by atoms with Crippen LogP contribution in [0.15, 0.2) is 41.5 Å². The molecule has 2 aliphatic rings. The Morgan fingerprint density at radius 2 is 1.83 bits per heavy atom. The van der Waals surface area contributed by atoms with E-state index in [-0.39, 0.29) is 24.1 Å². The van der Waals surface area contributed by atoms with Crippen molar-refractivity contribution in [1.82, 2.24) is 14.5 Å². The van der Waals surface area contributed by atoms with Crippen LogP contribution in [0, 0.1) is 11.6 Å². The van der Waals surface area contributed by atoms with Crippen LogP contribution in [0.1, 0.15) is 30.4 Å². The summed E-state index contributed by atoms with van der Waals surface area (Å²) in [5.74, 6) is -2.89. The topological polar surface area (TPSA) is 69.5 Å². The fraction of sp³-hybridized carbons (Fsp3) is 0.348. The molecule has 35 heavy (non-hydrogen) atoms. The highest BCUT2D eigenvalue weighted by Gasteiger charge is 2.33. The van der Waals surface area contributed by atoms with E-state index < -0.39 is 40.6 Å². The van der Waals surface area contributed by atoms with E-state index >= 15 is 0 Å². The summed E-state index contributed by atoms with van der Waals surface area (Å²) in [5.41, 5.74) is -1.50. The van der Waals surface area contributed by atoms with E-state index in [4.69, 9.17) is 9.47 Å². The highest BCUT2D eigenvalue weighted by atomic mass is 19.4. The fourth-order valence-corrected chi connectivity index (χ4v) is 4.36. The van der Waals surface area contributed by atoms with Crippen molar-refractivity contribution in [3.8, 4) is 17.4 Å². The highest BCUT2D eigenvalue weighted by Crippen LogP contribution is 2.34. The number of piperidine rings is 1. The lowest BCUT2D eigenvalue weighted by atomic mass is 10.0. The molecule has 12 heteroatoms. The summed E-state index contributed by atoms with van der Waals surface area (Å²) in [5, 5.41) is 0. The van der Waals surface area contributed by atoms with Gasteiger partial charge < -0.3 is 14.4 Å². The number of benzene rings is 1. The van der Waals surface area contributed by atoms with Gasteiger partial charge in [-0.05, 0) is 43.0 Å². The minimum absolute atomic E-state index is 0.0312. The number of nitrogens with zero attached hydrogens (tertiary/aromatic N) is 4. The summed E-state index contributed by atoms with van der Waals surface area (Å²) in [6.45, 7) is 1.10. The van der Waals surface area contributed by atoms with E-state index in [1.165, 1.54) is 0 Å². The first-order valence-electron chi connectivity index (χ1n) is 10.9.